The van der Waals surface area contributed by atoms with Gasteiger partial charge in [-0.15, -0.1) is 0 Å². The summed E-state index contributed by atoms with van der Waals surface area (Å²) in [6, 6.07) is 0. The number of aliphatic carboxylic acids is 2. The van der Waals surface area contributed by atoms with Gasteiger partial charge in [-0.05, 0) is 0 Å². The summed E-state index contributed by atoms with van der Waals surface area (Å²) in [6.45, 7) is 0. The Balaban J connectivity index is -0.00000000595. The van der Waals surface area contributed by atoms with Crippen molar-refractivity contribution in [3.8, 4) is 0 Å². The van der Waals surface area contributed by atoms with E-state index in [-0.39, 0.29) is 103 Å². The van der Waals surface area contributed by atoms with Crippen molar-refractivity contribution in [3.05, 3.63) is 0 Å². The molecule has 0 atom stereocenters. The maximum Gasteiger partial charge on any atom is 2.00 e. The van der Waals surface area contributed by atoms with E-state index in [0.29, 0.717) is 0 Å². The standard InChI is InChI=1S/C2H2O4.Ca.2Na.4H/c3-1(4)2(5)6;;;;;;;/h(H,3,4)(H,5,6);;;;;;;/q;+2;2*+1;4*-1. The number of carbonyl (C=O) groups is 2. The molecular formula is C2H6CaNa2O4. The normalized spacial score (nSPS) is 4.89. The van der Waals surface area contributed by atoms with E-state index in [1.807, 2.05) is 0 Å². The molecule has 0 aromatic heterocycles. The third kappa shape index (κ3) is 17.8. The number of carboxylic acids is 2. The quantitative estimate of drug-likeness (QED) is 0.287. The van der Waals surface area contributed by atoms with Crippen molar-refractivity contribution in [1.82, 2.24) is 0 Å². The van der Waals surface area contributed by atoms with Crippen molar-refractivity contribution >= 4 is 49.7 Å². The summed E-state index contributed by atoms with van der Waals surface area (Å²) in [5.41, 5.74) is 0. The number of rotatable bonds is 0. The molecule has 2 N–H and O–H groups in total. The molecule has 0 saturated heterocycles. The van der Waals surface area contributed by atoms with Crippen LogP contribution in [0.3, 0.4) is 0 Å². The molecule has 0 fully saturated rings. The van der Waals surface area contributed by atoms with E-state index < -0.39 is 11.9 Å². The van der Waals surface area contributed by atoms with Gasteiger partial charge in [-0.25, -0.2) is 9.59 Å². The molecule has 0 spiro atoms. The van der Waals surface area contributed by atoms with Gasteiger partial charge in [-0.3, -0.25) is 0 Å². The fraction of sp³-hybridized carbons (Fsp3) is 0. The maximum atomic E-state index is 9.10. The minimum atomic E-state index is -1.82. The molecule has 0 aliphatic carbocycles. The molecule has 0 rings (SSSR count). The van der Waals surface area contributed by atoms with Gasteiger partial charge in [-0.2, -0.15) is 0 Å². The van der Waals surface area contributed by atoms with Crippen molar-refractivity contribution in [2.45, 2.75) is 0 Å². The average Bonchev–Trinajstić information content (AvgIpc) is 1.36. The summed E-state index contributed by atoms with van der Waals surface area (Å²) < 4.78 is 0. The molecule has 0 radical (unpaired) electrons. The Labute approximate surface area is 132 Å². The van der Waals surface area contributed by atoms with E-state index in [2.05, 4.69) is 0 Å². The van der Waals surface area contributed by atoms with Crippen LogP contribution in [-0.4, -0.2) is 59.9 Å². The van der Waals surface area contributed by atoms with E-state index in [1.165, 1.54) is 0 Å². The maximum absolute atomic E-state index is 9.10. The van der Waals surface area contributed by atoms with Crippen LogP contribution in [0.4, 0.5) is 0 Å². The summed E-state index contributed by atoms with van der Waals surface area (Å²) in [5.74, 6) is -3.65. The average molecular weight is 180 g/mol. The van der Waals surface area contributed by atoms with Crippen molar-refractivity contribution in [1.29, 1.82) is 0 Å². The SMILES string of the molecule is O=C(O)C(=O)O.[Ca+2].[H-].[H-].[H-].[H-].[Na+].[Na+]. The smallest absolute Gasteiger partial charge is 1.00 e. The van der Waals surface area contributed by atoms with Crippen LogP contribution in [0.25, 0.3) is 0 Å². The molecule has 0 aromatic rings. The van der Waals surface area contributed by atoms with Crippen LogP contribution >= 0.6 is 0 Å². The molecule has 0 aliphatic heterocycles. The molecule has 0 aromatic carbocycles. The van der Waals surface area contributed by atoms with E-state index in [0.717, 1.165) is 0 Å². The Hall–Kier alpha value is 2.20. The van der Waals surface area contributed by atoms with Gasteiger partial charge < -0.3 is 15.9 Å². The van der Waals surface area contributed by atoms with Crippen molar-refractivity contribution < 1.29 is 84.6 Å². The molecule has 9 heavy (non-hydrogen) atoms. The van der Waals surface area contributed by atoms with E-state index >= 15 is 0 Å². The first-order valence-electron chi connectivity index (χ1n) is 1.11. The molecule has 4 nitrogen and oxygen atoms in total. The fourth-order valence-corrected chi connectivity index (χ4v) is 0. The van der Waals surface area contributed by atoms with Crippen molar-refractivity contribution in [2.24, 2.45) is 0 Å². The Kier molecular flexibility index (Phi) is 32.1. The molecule has 0 amide bonds. The Bertz CT molecular complexity index is 94.1. The monoisotopic (exact) mass is 180 g/mol. The van der Waals surface area contributed by atoms with Crippen LogP contribution < -0.4 is 59.1 Å². The number of carboxylic acid groups (broad SMARTS) is 2. The summed E-state index contributed by atoms with van der Waals surface area (Å²) in [5, 5.41) is 14.8. The number of hydrogen-bond acceptors (Lipinski definition) is 2. The molecule has 0 unspecified atom stereocenters. The van der Waals surface area contributed by atoms with Crippen LogP contribution in [0, 0.1) is 0 Å². The van der Waals surface area contributed by atoms with Crippen LogP contribution in [0.15, 0.2) is 0 Å². The van der Waals surface area contributed by atoms with Gasteiger partial charge in [0.2, 0.25) is 0 Å². The Morgan fingerprint density at radius 2 is 1.11 bits per heavy atom. The van der Waals surface area contributed by atoms with E-state index in [1.54, 1.807) is 0 Å². The van der Waals surface area contributed by atoms with Gasteiger partial charge >= 0.3 is 109 Å². The van der Waals surface area contributed by atoms with Gasteiger partial charge in [0.05, 0.1) is 0 Å². The zero-order valence-corrected chi connectivity index (χ0v) is 11.6. The van der Waals surface area contributed by atoms with Gasteiger partial charge in [0.1, 0.15) is 0 Å². The molecule has 42 valence electrons. The molecular weight excluding hydrogens is 174 g/mol. The molecule has 0 aliphatic rings. The van der Waals surface area contributed by atoms with Crippen LogP contribution in [0.5, 0.6) is 0 Å². The number of hydrogen-bond donors (Lipinski definition) is 2. The minimum absolute atomic E-state index is 0. The Morgan fingerprint density at radius 1 is 1.00 bits per heavy atom. The first-order chi connectivity index (χ1) is 2.64. The third-order valence-corrected chi connectivity index (χ3v) is 0.183. The first-order valence-corrected chi connectivity index (χ1v) is 1.11. The van der Waals surface area contributed by atoms with Crippen molar-refractivity contribution in [2.75, 3.05) is 0 Å². The van der Waals surface area contributed by atoms with Gasteiger partial charge in [0.15, 0.2) is 0 Å². The zero-order valence-electron chi connectivity index (χ0n) is 9.42. The molecule has 0 heterocycles. The van der Waals surface area contributed by atoms with Crippen LogP contribution in [-0.2, 0) is 9.59 Å². The summed E-state index contributed by atoms with van der Waals surface area (Å²) in [7, 11) is 0. The van der Waals surface area contributed by atoms with E-state index in [9.17, 15) is 0 Å². The largest absolute Gasteiger partial charge is 2.00 e. The second kappa shape index (κ2) is 12.8. The van der Waals surface area contributed by atoms with E-state index in [4.69, 9.17) is 19.8 Å². The Morgan fingerprint density at radius 3 is 1.11 bits per heavy atom. The zero-order chi connectivity index (χ0) is 5.15. The molecule has 0 saturated carbocycles. The minimum Gasteiger partial charge on any atom is -1.00 e. The summed E-state index contributed by atoms with van der Waals surface area (Å²) >= 11 is 0. The summed E-state index contributed by atoms with van der Waals surface area (Å²) in [4.78, 5) is 18.2. The second-order valence-electron chi connectivity index (χ2n) is 0.610. The van der Waals surface area contributed by atoms with Gasteiger partial charge in [0, 0.05) is 0 Å². The summed E-state index contributed by atoms with van der Waals surface area (Å²) in [6.07, 6.45) is 0. The van der Waals surface area contributed by atoms with Gasteiger partial charge in [-0.1, -0.05) is 0 Å². The second-order valence-corrected chi connectivity index (χ2v) is 0.610. The topological polar surface area (TPSA) is 74.6 Å². The van der Waals surface area contributed by atoms with Gasteiger partial charge in [0.25, 0.3) is 0 Å². The molecule has 0 bridgehead atoms. The molecule has 7 heteroatoms. The first kappa shape index (κ1) is 22.5. The van der Waals surface area contributed by atoms with Crippen LogP contribution in [0.2, 0.25) is 0 Å². The fourth-order valence-electron chi connectivity index (χ4n) is 0. The van der Waals surface area contributed by atoms with Crippen molar-refractivity contribution in [3.63, 3.8) is 0 Å². The van der Waals surface area contributed by atoms with Crippen LogP contribution in [0.1, 0.15) is 5.71 Å². The third-order valence-electron chi connectivity index (χ3n) is 0.183. The predicted octanol–water partition coefficient (Wildman–Crippen LogP) is -6.77. The predicted molar refractivity (Wildman–Crippen MR) is 25.5 cm³/mol.